The van der Waals surface area contributed by atoms with E-state index in [1.807, 2.05) is 0 Å². The number of amides is 1. The molecular formula is C15H11Cl2N3O4. The maximum atomic E-state index is 11.7. The van der Waals surface area contributed by atoms with E-state index in [1.54, 1.807) is 24.3 Å². The van der Waals surface area contributed by atoms with Crippen molar-refractivity contribution in [2.75, 3.05) is 11.9 Å². The molecule has 1 amide bonds. The number of carbonyl (C=O) groups is 1. The highest BCUT2D eigenvalue weighted by molar-refractivity contribution is 6.32. The number of hydrogen-bond acceptors (Lipinski definition) is 5. The molecule has 0 aliphatic heterocycles. The number of carbonyl (C=O) groups excluding carboxylic acids is 1. The first-order valence-corrected chi connectivity index (χ1v) is 7.36. The number of halogens is 2. The van der Waals surface area contributed by atoms with Crippen LogP contribution in [0.1, 0.15) is 5.56 Å². The van der Waals surface area contributed by atoms with Gasteiger partial charge < -0.3 is 10.2 Å². The van der Waals surface area contributed by atoms with Crippen LogP contribution in [0.3, 0.4) is 0 Å². The lowest BCUT2D eigenvalue weighted by Crippen LogP contribution is -2.17. The highest BCUT2D eigenvalue weighted by Gasteiger charge is 2.13. The number of nitrogens with zero attached hydrogens (tertiary/aromatic N) is 2. The minimum absolute atomic E-state index is 0.0122. The first-order chi connectivity index (χ1) is 11.5. The second-order valence-electron chi connectivity index (χ2n) is 4.53. The second-order valence-corrected chi connectivity index (χ2v) is 5.37. The molecule has 0 fully saturated rings. The van der Waals surface area contributed by atoms with Crippen LogP contribution < -0.4 is 5.32 Å². The first-order valence-electron chi connectivity index (χ1n) is 6.60. The first kappa shape index (κ1) is 17.7. The van der Waals surface area contributed by atoms with Crippen molar-refractivity contribution in [3.05, 3.63) is 68.2 Å². The molecule has 1 N–H and O–H groups in total. The number of hydrogen-bond donors (Lipinski definition) is 1. The minimum Gasteiger partial charge on any atom is -0.386 e. The summed E-state index contributed by atoms with van der Waals surface area (Å²) in [5.74, 6) is -0.514. The lowest BCUT2D eigenvalue weighted by molar-refractivity contribution is -0.384. The summed E-state index contributed by atoms with van der Waals surface area (Å²) in [5, 5.41) is 17.5. The molecule has 0 aliphatic rings. The van der Waals surface area contributed by atoms with Crippen LogP contribution in [0.15, 0.2) is 47.6 Å². The number of nitrogens with one attached hydrogen (secondary N) is 1. The SMILES string of the molecule is O=C(CO/N=C\c1ccc(Cl)cc1)Nc1ccc(Cl)c([N+](=O)[O-])c1. The number of nitro groups is 1. The monoisotopic (exact) mass is 367 g/mol. The van der Waals surface area contributed by atoms with Gasteiger partial charge in [-0.2, -0.15) is 0 Å². The molecule has 2 aromatic rings. The zero-order valence-corrected chi connectivity index (χ0v) is 13.6. The quantitative estimate of drug-likeness (QED) is 0.476. The third kappa shape index (κ3) is 5.22. The topological polar surface area (TPSA) is 93.8 Å². The van der Waals surface area contributed by atoms with Crippen LogP contribution in [0.25, 0.3) is 0 Å². The number of oxime groups is 1. The van der Waals surface area contributed by atoms with Crippen molar-refractivity contribution in [3.63, 3.8) is 0 Å². The fourth-order valence-corrected chi connectivity index (χ4v) is 1.98. The van der Waals surface area contributed by atoms with Crippen molar-refractivity contribution in [2.24, 2.45) is 5.16 Å². The fraction of sp³-hybridized carbons (Fsp3) is 0.0667. The van der Waals surface area contributed by atoms with Crippen LogP contribution in [0, 0.1) is 10.1 Å². The van der Waals surface area contributed by atoms with Gasteiger partial charge in [-0.1, -0.05) is 40.5 Å². The number of nitro benzene ring substituents is 1. The Bertz CT molecular complexity index is 779. The van der Waals surface area contributed by atoms with Gasteiger partial charge in [0.25, 0.3) is 11.6 Å². The molecule has 2 aromatic carbocycles. The van der Waals surface area contributed by atoms with Gasteiger partial charge in [-0.3, -0.25) is 14.9 Å². The summed E-state index contributed by atoms with van der Waals surface area (Å²) in [6, 6.07) is 10.8. The summed E-state index contributed by atoms with van der Waals surface area (Å²) in [4.78, 5) is 26.7. The van der Waals surface area contributed by atoms with Gasteiger partial charge in [0.05, 0.1) is 11.1 Å². The molecule has 0 radical (unpaired) electrons. The Labute approximate surface area is 147 Å². The highest BCUT2D eigenvalue weighted by atomic mass is 35.5. The molecule has 24 heavy (non-hydrogen) atoms. The lowest BCUT2D eigenvalue weighted by atomic mass is 10.2. The Morgan fingerprint density at radius 3 is 2.62 bits per heavy atom. The number of anilines is 1. The lowest BCUT2D eigenvalue weighted by Gasteiger charge is -2.04. The molecule has 0 saturated carbocycles. The van der Waals surface area contributed by atoms with Crippen LogP contribution in [0.5, 0.6) is 0 Å². The normalized spacial score (nSPS) is 10.6. The average molecular weight is 368 g/mol. The van der Waals surface area contributed by atoms with E-state index in [1.165, 1.54) is 18.3 Å². The largest absolute Gasteiger partial charge is 0.386 e. The Kier molecular flexibility index (Phi) is 6.11. The summed E-state index contributed by atoms with van der Waals surface area (Å²) in [6.07, 6.45) is 1.43. The Morgan fingerprint density at radius 2 is 1.96 bits per heavy atom. The fourth-order valence-electron chi connectivity index (χ4n) is 1.67. The van der Waals surface area contributed by atoms with Gasteiger partial charge in [0.2, 0.25) is 0 Å². The van der Waals surface area contributed by atoms with Crippen LogP contribution in [-0.2, 0) is 9.63 Å². The summed E-state index contributed by atoms with van der Waals surface area (Å²) in [6.45, 7) is -0.347. The Morgan fingerprint density at radius 1 is 1.25 bits per heavy atom. The van der Waals surface area contributed by atoms with Crippen LogP contribution >= 0.6 is 23.2 Å². The van der Waals surface area contributed by atoms with Gasteiger partial charge in [0.15, 0.2) is 6.61 Å². The molecule has 9 heteroatoms. The molecule has 7 nitrogen and oxygen atoms in total. The maximum Gasteiger partial charge on any atom is 0.289 e. The van der Waals surface area contributed by atoms with E-state index in [2.05, 4.69) is 10.5 Å². The highest BCUT2D eigenvalue weighted by Crippen LogP contribution is 2.27. The summed E-state index contributed by atoms with van der Waals surface area (Å²) >= 11 is 11.4. The van der Waals surface area contributed by atoms with Crippen molar-refractivity contribution in [1.82, 2.24) is 0 Å². The van der Waals surface area contributed by atoms with Gasteiger partial charge in [-0.15, -0.1) is 0 Å². The predicted molar refractivity (Wildman–Crippen MR) is 91.7 cm³/mol. The molecule has 0 aromatic heterocycles. The van der Waals surface area contributed by atoms with E-state index in [4.69, 9.17) is 28.0 Å². The van der Waals surface area contributed by atoms with Crippen molar-refractivity contribution in [1.29, 1.82) is 0 Å². The average Bonchev–Trinajstić information content (AvgIpc) is 2.55. The van der Waals surface area contributed by atoms with Crippen molar-refractivity contribution >= 4 is 46.7 Å². The maximum absolute atomic E-state index is 11.7. The standard InChI is InChI=1S/C15H11Cl2N3O4/c16-11-3-1-10(2-4-11)8-18-24-9-15(21)19-12-5-6-13(17)14(7-12)20(22)23/h1-8H,9H2,(H,19,21)/b18-8-. The van der Waals surface area contributed by atoms with Crippen molar-refractivity contribution in [2.45, 2.75) is 0 Å². The molecule has 0 atom stereocenters. The van der Waals surface area contributed by atoms with Gasteiger partial charge in [-0.05, 0) is 29.8 Å². The van der Waals surface area contributed by atoms with E-state index in [0.29, 0.717) is 5.02 Å². The molecule has 0 saturated heterocycles. The molecular weight excluding hydrogens is 357 g/mol. The zero-order valence-electron chi connectivity index (χ0n) is 12.1. The smallest absolute Gasteiger partial charge is 0.289 e. The molecule has 124 valence electrons. The van der Waals surface area contributed by atoms with Crippen molar-refractivity contribution in [3.8, 4) is 0 Å². The summed E-state index contributed by atoms with van der Waals surface area (Å²) < 4.78 is 0. The molecule has 0 aliphatic carbocycles. The van der Waals surface area contributed by atoms with E-state index in [9.17, 15) is 14.9 Å². The van der Waals surface area contributed by atoms with Gasteiger partial charge in [0.1, 0.15) is 5.02 Å². The third-order valence-corrected chi connectivity index (χ3v) is 3.34. The van der Waals surface area contributed by atoms with E-state index in [0.717, 1.165) is 11.6 Å². The van der Waals surface area contributed by atoms with E-state index < -0.39 is 10.8 Å². The molecule has 0 unspecified atom stereocenters. The van der Waals surface area contributed by atoms with Crippen LogP contribution in [-0.4, -0.2) is 23.7 Å². The Balaban J connectivity index is 1.86. The summed E-state index contributed by atoms with van der Waals surface area (Å²) in [7, 11) is 0. The minimum atomic E-state index is -0.634. The van der Waals surface area contributed by atoms with Gasteiger partial charge >= 0.3 is 0 Å². The summed E-state index contributed by atoms with van der Waals surface area (Å²) in [5.41, 5.74) is 0.700. The predicted octanol–water partition coefficient (Wildman–Crippen LogP) is 3.89. The van der Waals surface area contributed by atoms with Gasteiger partial charge in [0, 0.05) is 16.8 Å². The number of rotatable bonds is 6. The van der Waals surface area contributed by atoms with E-state index >= 15 is 0 Å². The van der Waals surface area contributed by atoms with Crippen LogP contribution in [0.2, 0.25) is 10.0 Å². The molecule has 2 rings (SSSR count). The third-order valence-electron chi connectivity index (χ3n) is 2.77. The Hall–Kier alpha value is -2.64. The number of benzene rings is 2. The van der Waals surface area contributed by atoms with E-state index in [-0.39, 0.29) is 23.0 Å². The molecule has 0 bridgehead atoms. The second kappa shape index (κ2) is 8.28. The van der Waals surface area contributed by atoms with Crippen molar-refractivity contribution < 1.29 is 14.6 Å². The van der Waals surface area contributed by atoms with Crippen LogP contribution in [0.4, 0.5) is 11.4 Å². The zero-order chi connectivity index (χ0) is 17.5. The molecule has 0 spiro atoms. The molecule has 0 heterocycles. The van der Waals surface area contributed by atoms with Gasteiger partial charge in [-0.25, -0.2) is 0 Å².